The Morgan fingerprint density at radius 3 is 1.50 bits per heavy atom. The first kappa shape index (κ1) is 14.9. The third-order valence-corrected chi connectivity index (χ3v) is 3.47. The topological polar surface area (TPSA) is 162 Å². The summed E-state index contributed by atoms with van der Waals surface area (Å²) in [6, 6.07) is 3.05. The molecule has 0 aromatic carbocycles. The summed E-state index contributed by atoms with van der Waals surface area (Å²) in [5.41, 5.74) is -5.97. The minimum absolute atomic E-state index is 0.599. The van der Waals surface area contributed by atoms with Gasteiger partial charge in [0, 0.05) is 0 Å². The van der Waals surface area contributed by atoms with Gasteiger partial charge in [0.05, 0.1) is 11.4 Å². The highest BCUT2D eigenvalue weighted by atomic mass is 32.2. The Morgan fingerprint density at radius 1 is 0.889 bits per heavy atom. The van der Waals surface area contributed by atoms with E-state index in [1.807, 2.05) is 0 Å². The van der Waals surface area contributed by atoms with Crippen LogP contribution in [0, 0.1) is 0 Å². The van der Waals surface area contributed by atoms with Crippen molar-refractivity contribution in [3.8, 4) is 0 Å². The number of hydrogen-bond donors (Lipinski definition) is 4. The summed E-state index contributed by atoms with van der Waals surface area (Å²) in [4.78, 5) is 3.33. The fourth-order valence-corrected chi connectivity index (χ4v) is 1.92. The molecule has 1 aromatic heterocycles. The minimum Gasteiger partial charge on any atom is -0.370 e. The smallest absolute Gasteiger partial charge is 0.298 e. The van der Waals surface area contributed by atoms with Crippen LogP contribution < -0.4 is 0 Å². The molecule has 0 aliphatic rings. The van der Waals surface area contributed by atoms with Gasteiger partial charge in [-0.25, -0.2) is 4.98 Å². The van der Waals surface area contributed by atoms with E-state index in [2.05, 4.69) is 4.98 Å². The Kier molecular flexibility index (Phi) is 4.05. The molecule has 0 aliphatic heterocycles. The molecule has 0 amide bonds. The van der Waals surface area contributed by atoms with Crippen molar-refractivity contribution >= 4 is 20.2 Å². The van der Waals surface area contributed by atoms with Crippen LogP contribution >= 0.6 is 0 Å². The Bertz CT molecular complexity index is 584. The van der Waals surface area contributed by atoms with Crippen molar-refractivity contribution in [1.82, 2.24) is 4.98 Å². The molecule has 18 heavy (non-hydrogen) atoms. The number of aliphatic hydroxyl groups excluding tert-OH is 2. The Morgan fingerprint density at radius 2 is 1.22 bits per heavy atom. The minimum atomic E-state index is -4.83. The van der Waals surface area contributed by atoms with Crippen LogP contribution in [0.15, 0.2) is 18.2 Å². The molecule has 1 rings (SSSR count). The molecular weight excluding hydrogens is 290 g/mol. The number of aromatic nitrogens is 1. The van der Waals surface area contributed by atoms with E-state index in [-0.39, 0.29) is 0 Å². The number of rotatable bonds is 4. The van der Waals surface area contributed by atoms with E-state index in [0.717, 1.165) is 18.2 Å². The second kappa shape index (κ2) is 4.87. The van der Waals surface area contributed by atoms with Crippen molar-refractivity contribution in [2.24, 2.45) is 0 Å². The molecule has 0 radical (unpaired) electrons. The van der Waals surface area contributed by atoms with Gasteiger partial charge in [0.2, 0.25) is 10.9 Å². The lowest BCUT2D eigenvalue weighted by atomic mass is 10.3. The Hall–Kier alpha value is -1.11. The molecule has 0 saturated carbocycles. The summed E-state index contributed by atoms with van der Waals surface area (Å²) >= 11 is 0. The molecule has 102 valence electrons. The Labute approximate surface area is 102 Å². The van der Waals surface area contributed by atoms with E-state index >= 15 is 0 Å². The summed E-state index contributed by atoms with van der Waals surface area (Å²) in [5.74, 6) is 0. The summed E-state index contributed by atoms with van der Waals surface area (Å²) in [5, 5.41) is 18.3. The molecule has 0 saturated heterocycles. The molecule has 11 heteroatoms. The maximum atomic E-state index is 10.6. The SMILES string of the molecule is O=S(=O)(O)C(O)c1cccc(C(O)S(=O)(=O)O)n1. The van der Waals surface area contributed by atoms with Crippen molar-refractivity contribution < 1.29 is 36.2 Å². The van der Waals surface area contributed by atoms with Crippen molar-refractivity contribution in [2.75, 3.05) is 0 Å². The molecule has 9 nitrogen and oxygen atoms in total. The van der Waals surface area contributed by atoms with Gasteiger partial charge < -0.3 is 10.2 Å². The predicted octanol–water partition coefficient (Wildman–Crippen LogP) is -1.16. The highest BCUT2D eigenvalue weighted by Gasteiger charge is 2.27. The lowest BCUT2D eigenvalue weighted by Crippen LogP contribution is -2.17. The fourth-order valence-electron chi connectivity index (χ4n) is 1.05. The van der Waals surface area contributed by atoms with E-state index in [1.165, 1.54) is 0 Å². The molecule has 2 unspecified atom stereocenters. The first-order valence-electron chi connectivity index (χ1n) is 4.29. The number of nitrogens with zero attached hydrogens (tertiary/aromatic N) is 1. The zero-order valence-electron chi connectivity index (χ0n) is 8.57. The monoisotopic (exact) mass is 299 g/mol. The maximum absolute atomic E-state index is 10.6. The van der Waals surface area contributed by atoms with Gasteiger partial charge in [-0.2, -0.15) is 16.8 Å². The molecule has 1 heterocycles. The van der Waals surface area contributed by atoms with Crippen molar-refractivity contribution in [3.63, 3.8) is 0 Å². The fraction of sp³-hybridized carbons (Fsp3) is 0.286. The first-order valence-corrected chi connectivity index (χ1v) is 7.29. The summed E-state index contributed by atoms with van der Waals surface area (Å²) in [6.07, 6.45) is 0. The van der Waals surface area contributed by atoms with Crippen LogP contribution in [-0.4, -0.2) is 41.1 Å². The van der Waals surface area contributed by atoms with Crippen molar-refractivity contribution in [2.45, 2.75) is 10.9 Å². The highest BCUT2D eigenvalue weighted by Crippen LogP contribution is 2.20. The van der Waals surface area contributed by atoms with Crippen LogP contribution in [0.5, 0.6) is 0 Å². The van der Waals surface area contributed by atoms with E-state index < -0.39 is 42.5 Å². The average molecular weight is 299 g/mol. The largest absolute Gasteiger partial charge is 0.370 e. The van der Waals surface area contributed by atoms with Gasteiger partial charge >= 0.3 is 0 Å². The number of aliphatic hydroxyl groups is 2. The maximum Gasteiger partial charge on any atom is 0.298 e. The van der Waals surface area contributed by atoms with Crippen LogP contribution in [0.3, 0.4) is 0 Å². The van der Waals surface area contributed by atoms with Gasteiger partial charge in [0.25, 0.3) is 20.2 Å². The van der Waals surface area contributed by atoms with Gasteiger partial charge in [0.15, 0.2) is 0 Å². The Balaban J connectivity index is 3.23. The van der Waals surface area contributed by atoms with E-state index in [1.54, 1.807) is 0 Å². The number of hydrogen-bond acceptors (Lipinski definition) is 7. The molecular formula is C7H9NO8S2. The van der Waals surface area contributed by atoms with Crippen LogP contribution in [0.4, 0.5) is 0 Å². The molecule has 1 aromatic rings. The van der Waals surface area contributed by atoms with Crippen molar-refractivity contribution in [1.29, 1.82) is 0 Å². The quantitative estimate of drug-likeness (QED) is 0.502. The van der Waals surface area contributed by atoms with Gasteiger partial charge in [0.1, 0.15) is 0 Å². The second-order valence-corrected chi connectivity index (χ2v) is 6.17. The summed E-state index contributed by atoms with van der Waals surface area (Å²) in [7, 11) is -9.67. The van der Waals surface area contributed by atoms with Crippen LogP contribution in [0.2, 0.25) is 0 Å². The predicted molar refractivity (Wildman–Crippen MR) is 57.3 cm³/mol. The third-order valence-electron chi connectivity index (χ3n) is 1.86. The molecule has 4 N–H and O–H groups in total. The standard InChI is InChI=1S/C7H9NO8S2/c9-6(17(11,12)13)4-2-1-3-5(8-4)7(10)18(14,15)16/h1-3,6-7,9-10H,(H,11,12,13)(H,14,15,16). The molecule has 2 atom stereocenters. The normalized spacial score (nSPS) is 16.2. The lowest BCUT2D eigenvalue weighted by molar-refractivity contribution is 0.223. The molecule has 0 fully saturated rings. The second-order valence-electron chi connectivity index (χ2n) is 3.22. The summed E-state index contributed by atoms with van der Waals surface area (Å²) in [6.45, 7) is 0. The van der Waals surface area contributed by atoms with Crippen LogP contribution in [-0.2, 0) is 20.2 Å². The molecule has 0 aliphatic carbocycles. The number of pyridine rings is 1. The highest BCUT2D eigenvalue weighted by molar-refractivity contribution is 7.86. The van der Waals surface area contributed by atoms with Gasteiger partial charge in [-0.05, 0) is 12.1 Å². The molecule has 0 spiro atoms. The average Bonchev–Trinajstić information content (AvgIpc) is 2.24. The lowest BCUT2D eigenvalue weighted by Gasteiger charge is -2.10. The summed E-state index contributed by atoms with van der Waals surface area (Å²) < 4.78 is 59.7. The van der Waals surface area contributed by atoms with Gasteiger partial charge in [-0.1, -0.05) is 6.07 Å². The van der Waals surface area contributed by atoms with Gasteiger partial charge in [-0.15, -0.1) is 0 Å². The first-order chi connectivity index (χ1) is 8.03. The van der Waals surface area contributed by atoms with E-state index in [4.69, 9.17) is 9.11 Å². The zero-order valence-corrected chi connectivity index (χ0v) is 10.2. The van der Waals surface area contributed by atoms with Crippen LogP contribution in [0.1, 0.15) is 22.3 Å². The van der Waals surface area contributed by atoms with E-state index in [0.29, 0.717) is 0 Å². The zero-order chi connectivity index (χ0) is 14.1. The molecule has 0 bridgehead atoms. The van der Waals surface area contributed by atoms with Crippen molar-refractivity contribution in [3.05, 3.63) is 29.6 Å². The van der Waals surface area contributed by atoms with E-state index in [9.17, 15) is 27.0 Å². The van der Waals surface area contributed by atoms with Gasteiger partial charge in [-0.3, -0.25) is 9.11 Å². The third kappa shape index (κ3) is 3.44. The van der Waals surface area contributed by atoms with Crippen LogP contribution in [0.25, 0.3) is 0 Å².